The number of tetrazole rings is 1. The topological polar surface area (TPSA) is 94.4 Å². The van der Waals surface area contributed by atoms with Crippen molar-refractivity contribution in [1.29, 1.82) is 0 Å². The first-order valence-electron chi connectivity index (χ1n) is 11.1. The lowest BCUT2D eigenvalue weighted by molar-refractivity contribution is -0.121. The second-order valence-electron chi connectivity index (χ2n) is 8.45. The molecule has 0 atom stereocenters. The minimum Gasteiger partial charge on any atom is -0.497 e. The highest BCUT2D eigenvalue weighted by atomic mass is 16.5. The Morgan fingerprint density at radius 3 is 2.65 bits per heavy atom. The van der Waals surface area contributed by atoms with E-state index in [0.29, 0.717) is 26.1 Å². The molecule has 9 heteroatoms. The molecule has 2 aliphatic rings. The van der Waals surface area contributed by atoms with Gasteiger partial charge < -0.3 is 14.8 Å². The molecule has 1 aromatic heterocycles. The zero-order valence-corrected chi connectivity index (χ0v) is 18.3. The summed E-state index contributed by atoms with van der Waals surface area (Å²) >= 11 is 0. The molecule has 2 aromatic rings. The van der Waals surface area contributed by atoms with Gasteiger partial charge in [0.2, 0.25) is 5.91 Å². The standard InChI is InChI=1S/C22H32N6O3/c1-30-19-6-4-18(5-7-19)22(9-2-3-10-22)17-23-21(29)8-11-28-20(24-25-26-28)16-27-12-14-31-15-13-27/h4-7H,2-3,8-17H2,1H3,(H,23,29). The van der Waals surface area contributed by atoms with E-state index < -0.39 is 0 Å². The third-order valence-corrected chi connectivity index (χ3v) is 6.51. The van der Waals surface area contributed by atoms with Crippen molar-refractivity contribution in [2.24, 2.45) is 0 Å². The maximum absolute atomic E-state index is 12.6. The van der Waals surface area contributed by atoms with Crippen molar-refractivity contribution in [2.75, 3.05) is 40.0 Å². The number of methoxy groups -OCH3 is 1. The van der Waals surface area contributed by atoms with Gasteiger partial charge in [-0.2, -0.15) is 0 Å². The van der Waals surface area contributed by atoms with Gasteiger partial charge in [0, 0.05) is 31.5 Å². The number of carbonyl (C=O) groups excluding carboxylic acids is 1. The first-order valence-corrected chi connectivity index (χ1v) is 11.1. The fourth-order valence-corrected chi connectivity index (χ4v) is 4.60. The van der Waals surface area contributed by atoms with Crippen molar-refractivity contribution in [2.45, 2.75) is 50.6 Å². The number of ether oxygens (including phenoxy) is 2. The molecule has 0 radical (unpaired) electrons. The van der Waals surface area contributed by atoms with E-state index in [-0.39, 0.29) is 11.3 Å². The summed E-state index contributed by atoms with van der Waals surface area (Å²) in [5.41, 5.74) is 1.29. The molecular weight excluding hydrogens is 396 g/mol. The van der Waals surface area contributed by atoms with Gasteiger partial charge in [0.15, 0.2) is 5.82 Å². The summed E-state index contributed by atoms with van der Waals surface area (Å²) in [6, 6.07) is 8.28. The Morgan fingerprint density at radius 1 is 1.19 bits per heavy atom. The number of nitrogens with zero attached hydrogens (tertiary/aromatic N) is 5. The maximum Gasteiger partial charge on any atom is 0.221 e. The summed E-state index contributed by atoms with van der Waals surface area (Å²) in [6.07, 6.45) is 4.93. The van der Waals surface area contributed by atoms with Gasteiger partial charge in [-0.15, -0.1) is 5.10 Å². The highest BCUT2D eigenvalue weighted by molar-refractivity contribution is 5.76. The molecule has 1 saturated carbocycles. The molecule has 1 amide bonds. The van der Waals surface area contributed by atoms with Crippen molar-refractivity contribution in [1.82, 2.24) is 30.4 Å². The largest absolute Gasteiger partial charge is 0.497 e. The average Bonchev–Trinajstić information content (AvgIpc) is 3.47. The van der Waals surface area contributed by atoms with Crippen LogP contribution in [0.25, 0.3) is 0 Å². The van der Waals surface area contributed by atoms with Crippen LogP contribution in [-0.4, -0.2) is 71.0 Å². The van der Waals surface area contributed by atoms with Gasteiger partial charge >= 0.3 is 0 Å². The fraction of sp³-hybridized carbons (Fsp3) is 0.636. The molecule has 31 heavy (non-hydrogen) atoms. The van der Waals surface area contributed by atoms with Gasteiger partial charge in [0.05, 0.1) is 33.4 Å². The summed E-state index contributed by atoms with van der Waals surface area (Å²) in [5, 5.41) is 15.2. The van der Waals surface area contributed by atoms with Gasteiger partial charge in [-0.3, -0.25) is 9.69 Å². The van der Waals surface area contributed by atoms with Crippen molar-refractivity contribution in [3.8, 4) is 5.75 Å². The number of nitrogens with one attached hydrogen (secondary N) is 1. The molecule has 0 unspecified atom stereocenters. The number of amides is 1. The molecule has 2 heterocycles. The van der Waals surface area contributed by atoms with Crippen molar-refractivity contribution < 1.29 is 14.3 Å². The number of benzene rings is 1. The number of rotatable bonds is 9. The predicted octanol–water partition coefficient (Wildman–Crippen LogP) is 1.53. The molecule has 1 aromatic carbocycles. The number of hydrogen-bond acceptors (Lipinski definition) is 7. The van der Waals surface area contributed by atoms with Crippen molar-refractivity contribution in [3.05, 3.63) is 35.7 Å². The van der Waals surface area contributed by atoms with Gasteiger partial charge in [0.1, 0.15) is 5.75 Å². The van der Waals surface area contributed by atoms with Crippen molar-refractivity contribution in [3.63, 3.8) is 0 Å². The second kappa shape index (κ2) is 10.2. The number of aryl methyl sites for hydroxylation is 1. The number of hydrogen-bond donors (Lipinski definition) is 1. The summed E-state index contributed by atoms with van der Waals surface area (Å²) in [4.78, 5) is 14.9. The van der Waals surface area contributed by atoms with E-state index in [1.165, 1.54) is 18.4 Å². The molecule has 168 valence electrons. The molecule has 0 spiro atoms. The Labute approximate surface area is 183 Å². The molecular formula is C22H32N6O3. The van der Waals surface area contributed by atoms with E-state index in [4.69, 9.17) is 9.47 Å². The van der Waals surface area contributed by atoms with Crippen LogP contribution in [0.4, 0.5) is 0 Å². The Morgan fingerprint density at radius 2 is 1.94 bits per heavy atom. The lowest BCUT2D eigenvalue weighted by Crippen LogP contribution is -2.39. The quantitative estimate of drug-likeness (QED) is 0.647. The van der Waals surface area contributed by atoms with Gasteiger partial charge in [-0.1, -0.05) is 25.0 Å². The minimum atomic E-state index is 0.0121. The molecule has 1 N–H and O–H groups in total. The van der Waals surface area contributed by atoms with Crippen LogP contribution in [0.5, 0.6) is 5.75 Å². The van der Waals surface area contributed by atoms with E-state index in [1.807, 2.05) is 12.1 Å². The van der Waals surface area contributed by atoms with Crippen LogP contribution in [0.3, 0.4) is 0 Å². The van der Waals surface area contributed by atoms with Crippen LogP contribution in [0.15, 0.2) is 24.3 Å². The van der Waals surface area contributed by atoms with Crippen LogP contribution >= 0.6 is 0 Å². The minimum absolute atomic E-state index is 0.0121. The number of carbonyl (C=O) groups is 1. The third-order valence-electron chi connectivity index (χ3n) is 6.51. The van der Waals surface area contributed by atoms with Crippen LogP contribution in [-0.2, 0) is 28.0 Å². The van der Waals surface area contributed by atoms with Gasteiger partial charge in [0.25, 0.3) is 0 Å². The SMILES string of the molecule is COc1ccc(C2(CNC(=O)CCn3nnnc3CN3CCOCC3)CCCC2)cc1. The summed E-state index contributed by atoms with van der Waals surface area (Å²) in [7, 11) is 1.68. The van der Waals surface area contributed by atoms with E-state index in [1.54, 1.807) is 11.8 Å². The lowest BCUT2D eigenvalue weighted by Gasteiger charge is -2.30. The van der Waals surface area contributed by atoms with Gasteiger partial charge in [-0.05, 0) is 41.0 Å². The molecule has 1 aliphatic heterocycles. The molecule has 1 aliphatic carbocycles. The predicted molar refractivity (Wildman–Crippen MR) is 115 cm³/mol. The Kier molecular flexibility index (Phi) is 7.14. The van der Waals surface area contributed by atoms with Crippen LogP contribution < -0.4 is 10.1 Å². The Bertz CT molecular complexity index is 841. The van der Waals surface area contributed by atoms with Crippen LogP contribution in [0.1, 0.15) is 43.5 Å². The number of morpholine rings is 1. The highest BCUT2D eigenvalue weighted by Gasteiger charge is 2.35. The van der Waals surface area contributed by atoms with E-state index in [0.717, 1.165) is 50.7 Å². The Hall–Kier alpha value is -2.52. The summed E-state index contributed by atoms with van der Waals surface area (Å²) in [6.45, 7) is 5.04. The van der Waals surface area contributed by atoms with Gasteiger partial charge in [-0.25, -0.2) is 4.68 Å². The highest BCUT2D eigenvalue weighted by Crippen LogP contribution is 2.41. The second-order valence-corrected chi connectivity index (χ2v) is 8.45. The maximum atomic E-state index is 12.6. The zero-order valence-electron chi connectivity index (χ0n) is 18.3. The molecule has 0 bridgehead atoms. The Balaban J connectivity index is 1.30. The molecule has 4 rings (SSSR count). The summed E-state index contributed by atoms with van der Waals surface area (Å²) < 4.78 is 12.4. The molecule has 1 saturated heterocycles. The smallest absolute Gasteiger partial charge is 0.221 e. The zero-order chi connectivity index (χ0) is 21.5. The number of aromatic nitrogens is 4. The summed E-state index contributed by atoms with van der Waals surface area (Å²) in [5.74, 6) is 1.68. The fourth-order valence-electron chi connectivity index (χ4n) is 4.60. The van der Waals surface area contributed by atoms with E-state index >= 15 is 0 Å². The van der Waals surface area contributed by atoms with Crippen LogP contribution in [0, 0.1) is 0 Å². The lowest BCUT2D eigenvalue weighted by atomic mass is 9.78. The average molecular weight is 429 g/mol. The first kappa shape index (κ1) is 21.7. The third kappa shape index (κ3) is 5.40. The monoisotopic (exact) mass is 428 g/mol. The van der Waals surface area contributed by atoms with Crippen LogP contribution in [0.2, 0.25) is 0 Å². The normalized spacial score (nSPS) is 18.7. The van der Waals surface area contributed by atoms with E-state index in [2.05, 4.69) is 37.9 Å². The molecule has 2 fully saturated rings. The van der Waals surface area contributed by atoms with E-state index in [9.17, 15) is 4.79 Å². The first-order chi connectivity index (χ1) is 15.2. The molecule has 9 nitrogen and oxygen atoms in total. The van der Waals surface area contributed by atoms with Crippen molar-refractivity contribution >= 4 is 5.91 Å².